The van der Waals surface area contributed by atoms with Crippen LogP contribution in [-0.2, 0) is 12.7 Å². The van der Waals surface area contributed by atoms with Crippen LogP contribution < -0.4 is 15.4 Å². The summed E-state index contributed by atoms with van der Waals surface area (Å²) >= 11 is 0.685. The van der Waals surface area contributed by atoms with Crippen molar-refractivity contribution in [1.82, 2.24) is 19.9 Å². The number of fused-ring (bicyclic) bond motifs is 3. The van der Waals surface area contributed by atoms with Crippen LogP contribution in [0.2, 0.25) is 0 Å². The van der Waals surface area contributed by atoms with Gasteiger partial charge in [-0.15, -0.1) is 11.3 Å². The minimum Gasteiger partial charge on any atom is -0.467 e. The number of nitrogens with zero attached hydrogens (tertiary/aromatic N) is 6. The molecular weight excluding hydrogens is 648 g/mol. The molecule has 2 aromatic carbocycles. The van der Waals surface area contributed by atoms with E-state index in [0.717, 1.165) is 25.1 Å². The Morgan fingerprint density at radius 1 is 1.26 bits per heavy atom. The largest absolute Gasteiger partial charge is 0.467 e. The van der Waals surface area contributed by atoms with Crippen LogP contribution in [0.1, 0.15) is 36.3 Å². The summed E-state index contributed by atoms with van der Waals surface area (Å²) in [7, 11) is 2.72. The molecule has 7 rings (SSSR count). The van der Waals surface area contributed by atoms with Crippen molar-refractivity contribution in [2.24, 2.45) is 0 Å². The highest BCUT2D eigenvalue weighted by molar-refractivity contribution is 7.23. The van der Waals surface area contributed by atoms with E-state index in [1.54, 1.807) is 6.07 Å². The SMILES string of the molecule is COc1nc(N(C)Cc2ncco2)c2cc(C(F)(F)F)c(-c3ccc(F)c4sc(N)c(C#N)c34)c(F)c2n1.FC1CC2CCCN2C1. The standard InChI is InChI=1S/C24H15F5N6O2S.C7H12FN/c1-35(9-15-32-5-6-37-15)22-11-7-13(24(27,28)29)17(18(26)19(11)33-23(34-22)36-2)10-3-4-14(25)20-16(10)12(8-30)21(31)38-20;8-6-4-7-2-1-3-9(7)5-6/h3-7H,9,31H2,1-2H3;6-7H,1-5H2. The summed E-state index contributed by atoms with van der Waals surface area (Å²) in [5, 5.41) is 9.00. The maximum absolute atomic E-state index is 16.3. The van der Waals surface area contributed by atoms with Gasteiger partial charge < -0.3 is 19.8 Å². The molecule has 2 fully saturated rings. The van der Waals surface area contributed by atoms with Crippen molar-refractivity contribution in [3.63, 3.8) is 0 Å². The number of nitrogens with two attached hydrogens (primary N) is 1. The zero-order chi connectivity index (χ0) is 33.6. The number of hydrogen-bond donors (Lipinski definition) is 1. The zero-order valence-electron chi connectivity index (χ0n) is 25.0. The Balaban J connectivity index is 0.000000366. The monoisotopic (exact) mass is 675 g/mol. The third kappa shape index (κ3) is 6.00. The Kier molecular flexibility index (Phi) is 8.62. The van der Waals surface area contributed by atoms with Gasteiger partial charge in [-0.25, -0.2) is 18.2 Å². The number of nitriles is 1. The van der Waals surface area contributed by atoms with Crippen molar-refractivity contribution in [1.29, 1.82) is 5.26 Å². The Hall–Kier alpha value is -4.62. The average molecular weight is 676 g/mol. The smallest absolute Gasteiger partial charge is 0.417 e. The molecule has 2 aliphatic rings. The number of methoxy groups -OCH3 is 1. The molecule has 5 aromatic rings. The lowest BCUT2D eigenvalue weighted by molar-refractivity contribution is -0.137. The van der Waals surface area contributed by atoms with Gasteiger partial charge >= 0.3 is 12.2 Å². The number of alkyl halides is 4. The lowest BCUT2D eigenvalue weighted by Crippen LogP contribution is -2.22. The second-order valence-electron chi connectivity index (χ2n) is 11.2. The van der Waals surface area contributed by atoms with Crippen molar-refractivity contribution in [3.05, 3.63) is 59.3 Å². The van der Waals surface area contributed by atoms with E-state index in [1.165, 1.54) is 44.4 Å². The molecule has 2 N–H and O–H groups in total. The maximum Gasteiger partial charge on any atom is 0.417 e. The predicted molar refractivity (Wildman–Crippen MR) is 164 cm³/mol. The fourth-order valence-electron chi connectivity index (χ4n) is 6.20. The first-order valence-electron chi connectivity index (χ1n) is 14.4. The van der Waals surface area contributed by atoms with E-state index in [9.17, 15) is 27.2 Å². The normalized spacial score (nSPS) is 17.9. The number of rotatable bonds is 5. The number of aromatic nitrogens is 3. The molecule has 9 nitrogen and oxygen atoms in total. The highest BCUT2D eigenvalue weighted by atomic mass is 32.1. The van der Waals surface area contributed by atoms with Crippen LogP contribution >= 0.6 is 11.3 Å². The van der Waals surface area contributed by atoms with Crippen molar-refractivity contribution in [3.8, 4) is 23.2 Å². The Morgan fingerprint density at radius 3 is 2.70 bits per heavy atom. The second-order valence-corrected chi connectivity index (χ2v) is 12.3. The zero-order valence-corrected chi connectivity index (χ0v) is 25.9. The predicted octanol–water partition coefficient (Wildman–Crippen LogP) is 7.09. The highest BCUT2D eigenvalue weighted by Gasteiger charge is 2.39. The first-order chi connectivity index (χ1) is 22.4. The van der Waals surface area contributed by atoms with Crippen LogP contribution in [0.15, 0.2) is 35.1 Å². The minimum atomic E-state index is -5.06. The summed E-state index contributed by atoms with van der Waals surface area (Å²) in [6.45, 7) is 1.85. The molecule has 47 heavy (non-hydrogen) atoms. The van der Waals surface area contributed by atoms with Gasteiger partial charge in [0.25, 0.3) is 0 Å². The minimum absolute atomic E-state index is 0.00865. The molecule has 246 valence electrons. The van der Waals surface area contributed by atoms with Crippen LogP contribution in [0.3, 0.4) is 0 Å². The molecule has 0 bridgehead atoms. The summed E-state index contributed by atoms with van der Waals surface area (Å²) < 4.78 is 96.9. The topological polar surface area (TPSA) is 117 Å². The number of benzene rings is 2. The van der Waals surface area contributed by atoms with Crippen molar-refractivity contribution in [2.75, 3.05) is 37.9 Å². The van der Waals surface area contributed by atoms with Crippen molar-refractivity contribution < 1.29 is 35.5 Å². The van der Waals surface area contributed by atoms with Gasteiger partial charge in [0.1, 0.15) is 40.7 Å². The maximum atomic E-state index is 16.3. The molecule has 2 unspecified atom stereocenters. The van der Waals surface area contributed by atoms with Crippen molar-refractivity contribution in [2.45, 2.75) is 44.2 Å². The quantitative estimate of drug-likeness (QED) is 0.195. The number of oxazole rings is 1. The Labute approximate surface area is 268 Å². The van der Waals surface area contributed by atoms with Gasteiger partial charge in [-0.05, 0) is 43.5 Å². The number of thiophene rings is 1. The lowest BCUT2D eigenvalue weighted by atomic mass is 9.92. The summed E-state index contributed by atoms with van der Waals surface area (Å²) in [5.74, 6) is -2.01. The number of hydrogen-bond acceptors (Lipinski definition) is 10. The fourth-order valence-corrected chi connectivity index (χ4v) is 7.15. The number of nitrogen functional groups attached to an aromatic ring is 1. The highest BCUT2D eigenvalue weighted by Crippen LogP contribution is 2.48. The van der Waals surface area contributed by atoms with E-state index >= 15 is 4.39 Å². The Bertz CT molecular complexity index is 1980. The number of halogens is 6. The van der Waals surface area contributed by atoms with Gasteiger partial charge in [-0.1, -0.05) is 6.07 Å². The van der Waals surface area contributed by atoms with Gasteiger partial charge in [-0.2, -0.15) is 28.4 Å². The van der Waals surface area contributed by atoms with Crippen LogP contribution in [0, 0.1) is 23.0 Å². The third-order valence-electron chi connectivity index (χ3n) is 8.25. The van der Waals surface area contributed by atoms with E-state index in [2.05, 4.69) is 19.9 Å². The van der Waals surface area contributed by atoms with Crippen LogP contribution in [0.5, 0.6) is 6.01 Å². The first-order valence-corrected chi connectivity index (χ1v) is 15.3. The second kappa shape index (κ2) is 12.5. The summed E-state index contributed by atoms with van der Waals surface area (Å²) in [6, 6.07) is 4.68. The van der Waals surface area contributed by atoms with E-state index in [-0.39, 0.29) is 55.9 Å². The van der Waals surface area contributed by atoms with Crippen LogP contribution in [-0.4, -0.2) is 59.3 Å². The van der Waals surface area contributed by atoms with Crippen molar-refractivity contribution >= 4 is 43.1 Å². The van der Waals surface area contributed by atoms with Gasteiger partial charge in [0.2, 0.25) is 5.89 Å². The van der Waals surface area contributed by atoms with Gasteiger partial charge in [0.15, 0.2) is 5.82 Å². The lowest BCUT2D eigenvalue weighted by Gasteiger charge is -2.22. The van der Waals surface area contributed by atoms with Crippen LogP contribution in [0.25, 0.3) is 32.1 Å². The molecule has 5 heterocycles. The summed E-state index contributed by atoms with van der Waals surface area (Å²) in [5.41, 5.74) is 2.47. The summed E-state index contributed by atoms with van der Waals surface area (Å²) in [4.78, 5) is 15.8. The molecule has 0 radical (unpaired) electrons. The van der Waals surface area contributed by atoms with Crippen LogP contribution in [0.4, 0.5) is 37.2 Å². The number of ether oxygens (including phenoxy) is 1. The van der Waals surface area contributed by atoms with E-state index in [0.29, 0.717) is 30.0 Å². The Morgan fingerprint density at radius 2 is 2.04 bits per heavy atom. The molecular formula is C31H27F6N7O2S. The van der Waals surface area contributed by atoms with Gasteiger partial charge in [0, 0.05) is 36.0 Å². The first kappa shape index (κ1) is 32.3. The molecule has 0 saturated carbocycles. The molecule has 0 aliphatic carbocycles. The molecule has 16 heteroatoms. The molecule has 0 amide bonds. The van der Waals surface area contributed by atoms with E-state index < -0.39 is 40.6 Å². The molecule has 0 spiro atoms. The number of anilines is 2. The van der Waals surface area contributed by atoms with Gasteiger partial charge in [-0.3, -0.25) is 4.90 Å². The summed E-state index contributed by atoms with van der Waals surface area (Å²) in [6.07, 6.45) is 0.475. The molecule has 2 atom stereocenters. The average Bonchev–Trinajstić information content (AvgIpc) is 3.82. The van der Waals surface area contributed by atoms with E-state index in [1.807, 2.05) is 0 Å². The third-order valence-corrected chi connectivity index (χ3v) is 9.28. The fraction of sp³-hybridized carbons (Fsp3) is 0.355. The van der Waals surface area contributed by atoms with E-state index in [4.69, 9.17) is 14.9 Å². The molecule has 2 saturated heterocycles. The molecule has 3 aromatic heterocycles. The molecule has 2 aliphatic heterocycles. The van der Waals surface area contributed by atoms with Gasteiger partial charge in [0.05, 0.1) is 35.7 Å².